The highest BCUT2D eigenvalue weighted by atomic mass is 79.9. The number of carbonyl (C=O) groups is 1. The summed E-state index contributed by atoms with van der Waals surface area (Å²) in [5.74, 6) is 0.387. The largest absolute Gasteiger partial charge is 0.487 e. The number of carbonyl (C=O) groups excluding carboxylic acids is 1. The first kappa shape index (κ1) is 14.5. The van der Waals surface area contributed by atoms with Crippen molar-refractivity contribution in [2.24, 2.45) is 0 Å². The maximum absolute atomic E-state index is 11.3. The Labute approximate surface area is 125 Å². The fourth-order valence-electron chi connectivity index (χ4n) is 1.61. The molecule has 0 unspecified atom stereocenters. The summed E-state index contributed by atoms with van der Waals surface area (Å²) in [4.78, 5) is 15.4. The summed E-state index contributed by atoms with van der Waals surface area (Å²) in [7, 11) is 1.34. The third-order valence-corrected chi connectivity index (χ3v) is 3.65. The second-order valence-electron chi connectivity index (χ2n) is 4.23. The lowest BCUT2D eigenvalue weighted by Crippen LogP contribution is -2.04. The van der Waals surface area contributed by atoms with Crippen molar-refractivity contribution < 1.29 is 14.3 Å². The average Bonchev–Trinajstić information content (AvgIpc) is 2.48. The number of nitrogens with zero attached hydrogens (tertiary/aromatic N) is 1. The second kappa shape index (κ2) is 6.52. The van der Waals surface area contributed by atoms with Gasteiger partial charge in [-0.05, 0) is 42.8 Å². The molecule has 1 aromatic carbocycles. The Balaban J connectivity index is 2.00. The van der Waals surface area contributed by atoms with Crippen LogP contribution in [0.2, 0.25) is 0 Å². The van der Waals surface area contributed by atoms with Gasteiger partial charge in [0, 0.05) is 10.7 Å². The van der Waals surface area contributed by atoms with Crippen molar-refractivity contribution in [3.8, 4) is 5.75 Å². The molecule has 2 rings (SSSR count). The van der Waals surface area contributed by atoms with E-state index in [2.05, 4.69) is 25.7 Å². The van der Waals surface area contributed by atoms with E-state index in [0.717, 1.165) is 21.5 Å². The summed E-state index contributed by atoms with van der Waals surface area (Å²) < 4.78 is 11.3. The van der Waals surface area contributed by atoms with Gasteiger partial charge in [0.15, 0.2) is 0 Å². The van der Waals surface area contributed by atoms with Gasteiger partial charge in [0.25, 0.3) is 0 Å². The summed E-state index contributed by atoms with van der Waals surface area (Å²) in [5.41, 5.74) is 2.28. The number of aromatic nitrogens is 1. The summed E-state index contributed by atoms with van der Waals surface area (Å²) in [6, 6.07) is 9.20. The van der Waals surface area contributed by atoms with E-state index in [1.807, 2.05) is 25.1 Å². The molecule has 0 radical (unpaired) electrons. The van der Waals surface area contributed by atoms with Crippen LogP contribution in [-0.2, 0) is 11.3 Å². The summed E-state index contributed by atoms with van der Waals surface area (Å²) in [6.07, 6.45) is 1.48. The number of methoxy groups -OCH3 is 1. The van der Waals surface area contributed by atoms with Crippen LogP contribution < -0.4 is 4.74 Å². The van der Waals surface area contributed by atoms with E-state index in [1.54, 1.807) is 12.1 Å². The summed E-state index contributed by atoms with van der Waals surface area (Å²) in [5, 5.41) is 0. The molecule has 0 aliphatic heterocycles. The van der Waals surface area contributed by atoms with Crippen LogP contribution in [-0.4, -0.2) is 18.1 Å². The topological polar surface area (TPSA) is 48.4 Å². The van der Waals surface area contributed by atoms with E-state index in [4.69, 9.17) is 4.74 Å². The number of hydrogen-bond acceptors (Lipinski definition) is 4. The summed E-state index contributed by atoms with van der Waals surface area (Å²) >= 11 is 3.44. The molecule has 104 valence electrons. The van der Waals surface area contributed by atoms with Gasteiger partial charge in [-0.1, -0.05) is 15.9 Å². The van der Waals surface area contributed by atoms with Crippen LogP contribution in [0.5, 0.6) is 5.75 Å². The lowest BCUT2D eigenvalue weighted by atomic mass is 10.2. The van der Waals surface area contributed by atoms with Crippen molar-refractivity contribution in [1.82, 2.24) is 4.98 Å². The van der Waals surface area contributed by atoms with Gasteiger partial charge in [0.2, 0.25) is 0 Å². The molecule has 0 saturated heterocycles. The molecular weight excluding hydrogens is 322 g/mol. The van der Waals surface area contributed by atoms with Gasteiger partial charge < -0.3 is 9.47 Å². The molecule has 0 aliphatic carbocycles. The number of esters is 1. The predicted octanol–water partition coefficient (Wildman–Crippen LogP) is 3.52. The van der Waals surface area contributed by atoms with E-state index < -0.39 is 5.97 Å². The summed E-state index contributed by atoms with van der Waals surface area (Å²) in [6.45, 7) is 2.35. The molecule has 2 aromatic rings. The standard InChI is InChI=1S/C15H14BrNO3/c1-10-7-13(5-6-14(10)16)20-9-12-4-3-11(8-17-12)15(18)19-2/h3-8H,9H2,1-2H3. The lowest BCUT2D eigenvalue weighted by molar-refractivity contribution is 0.0600. The molecule has 5 heteroatoms. The Kier molecular flexibility index (Phi) is 4.74. The zero-order valence-electron chi connectivity index (χ0n) is 11.2. The van der Waals surface area contributed by atoms with Gasteiger partial charge in [-0.3, -0.25) is 4.98 Å². The zero-order chi connectivity index (χ0) is 14.5. The quantitative estimate of drug-likeness (QED) is 0.802. The van der Waals surface area contributed by atoms with Crippen LogP contribution in [0.15, 0.2) is 41.0 Å². The van der Waals surface area contributed by atoms with E-state index in [0.29, 0.717) is 12.2 Å². The molecule has 0 bridgehead atoms. The number of hydrogen-bond donors (Lipinski definition) is 0. The molecule has 0 aliphatic rings. The lowest BCUT2D eigenvalue weighted by Gasteiger charge is -2.07. The first-order valence-electron chi connectivity index (χ1n) is 6.02. The minimum absolute atomic E-state index is 0.350. The molecule has 4 nitrogen and oxygen atoms in total. The van der Waals surface area contributed by atoms with Crippen LogP contribution in [0.3, 0.4) is 0 Å². The zero-order valence-corrected chi connectivity index (χ0v) is 12.8. The molecule has 20 heavy (non-hydrogen) atoms. The van der Waals surface area contributed by atoms with E-state index in [1.165, 1.54) is 13.3 Å². The van der Waals surface area contributed by atoms with Crippen molar-refractivity contribution >= 4 is 21.9 Å². The minimum Gasteiger partial charge on any atom is -0.487 e. The van der Waals surface area contributed by atoms with Crippen LogP contribution in [0, 0.1) is 6.92 Å². The number of rotatable bonds is 4. The van der Waals surface area contributed by atoms with Gasteiger partial charge in [0.05, 0.1) is 18.4 Å². The first-order chi connectivity index (χ1) is 9.60. The van der Waals surface area contributed by atoms with Crippen LogP contribution in [0.4, 0.5) is 0 Å². The number of pyridine rings is 1. The highest BCUT2D eigenvalue weighted by Gasteiger charge is 2.06. The molecule has 0 fully saturated rings. The fourth-order valence-corrected chi connectivity index (χ4v) is 1.86. The minimum atomic E-state index is -0.395. The van der Waals surface area contributed by atoms with Gasteiger partial charge in [-0.25, -0.2) is 4.79 Å². The van der Waals surface area contributed by atoms with Gasteiger partial charge in [-0.2, -0.15) is 0 Å². The van der Waals surface area contributed by atoms with Crippen molar-refractivity contribution in [1.29, 1.82) is 0 Å². The Morgan fingerprint density at radius 2 is 2.10 bits per heavy atom. The number of halogens is 1. The first-order valence-corrected chi connectivity index (χ1v) is 6.81. The van der Waals surface area contributed by atoms with E-state index in [-0.39, 0.29) is 0 Å². The van der Waals surface area contributed by atoms with Gasteiger partial charge >= 0.3 is 5.97 Å². The third-order valence-electron chi connectivity index (χ3n) is 2.76. The van der Waals surface area contributed by atoms with Crippen molar-refractivity contribution in [2.75, 3.05) is 7.11 Å². The Morgan fingerprint density at radius 3 is 2.70 bits per heavy atom. The average molecular weight is 336 g/mol. The predicted molar refractivity (Wildman–Crippen MR) is 78.8 cm³/mol. The molecule has 0 N–H and O–H groups in total. The third kappa shape index (κ3) is 3.57. The smallest absolute Gasteiger partial charge is 0.339 e. The molecule has 0 atom stereocenters. The molecule has 0 saturated carbocycles. The molecule has 0 amide bonds. The Morgan fingerprint density at radius 1 is 1.30 bits per heavy atom. The Hall–Kier alpha value is -1.88. The highest BCUT2D eigenvalue weighted by molar-refractivity contribution is 9.10. The molecule has 1 aromatic heterocycles. The SMILES string of the molecule is COC(=O)c1ccc(COc2ccc(Br)c(C)c2)nc1. The van der Waals surface area contributed by atoms with E-state index in [9.17, 15) is 4.79 Å². The van der Waals surface area contributed by atoms with Crippen LogP contribution in [0.1, 0.15) is 21.6 Å². The monoisotopic (exact) mass is 335 g/mol. The fraction of sp³-hybridized carbons (Fsp3) is 0.200. The van der Waals surface area contributed by atoms with E-state index >= 15 is 0 Å². The number of ether oxygens (including phenoxy) is 2. The normalized spacial score (nSPS) is 10.2. The van der Waals surface area contributed by atoms with Gasteiger partial charge in [0.1, 0.15) is 12.4 Å². The molecular formula is C15H14BrNO3. The van der Waals surface area contributed by atoms with Gasteiger partial charge in [-0.15, -0.1) is 0 Å². The maximum Gasteiger partial charge on any atom is 0.339 e. The van der Waals surface area contributed by atoms with Crippen LogP contribution in [0.25, 0.3) is 0 Å². The molecule has 1 heterocycles. The number of benzene rings is 1. The highest BCUT2D eigenvalue weighted by Crippen LogP contribution is 2.22. The molecule has 0 spiro atoms. The van der Waals surface area contributed by atoms with Crippen molar-refractivity contribution in [2.45, 2.75) is 13.5 Å². The van der Waals surface area contributed by atoms with Crippen molar-refractivity contribution in [3.63, 3.8) is 0 Å². The maximum atomic E-state index is 11.3. The Bertz CT molecular complexity index is 611. The number of aryl methyl sites for hydroxylation is 1. The second-order valence-corrected chi connectivity index (χ2v) is 5.08. The van der Waals surface area contributed by atoms with Crippen molar-refractivity contribution in [3.05, 3.63) is 57.8 Å². The van der Waals surface area contributed by atoms with Crippen LogP contribution >= 0.6 is 15.9 Å².